The van der Waals surface area contributed by atoms with Gasteiger partial charge in [-0.25, -0.2) is 0 Å². The quantitative estimate of drug-likeness (QED) is 0.163. The second-order valence-electron chi connectivity index (χ2n) is 9.56. The molecule has 2 heterocycles. The minimum atomic E-state index is 1.23. The molecule has 2 aromatic heterocycles. The molecule has 0 atom stereocenters. The third-order valence-corrected chi connectivity index (χ3v) is 9.37. The van der Waals surface area contributed by atoms with E-state index in [9.17, 15) is 0 Å². The molecule has 0 nitrogen and oxygen atoms in total. The Hall–Kier alpha value is -1.38. The first kappa shape index (κ1) is 23.8. The fraction of sp³-hybridized carbons (Fsp3) is 0.533. The number of benzene rings is 2. The van der Waals surface area contributed by atoms with Gasteiger partial charge < -0.3 is 0 Å². The monoisotopic (exact) mass is 464 g/mol. The number of hydrogen-bond acceptors (Lipinski definition) is 2. The molecule has 0 unspecified atom stereocenters. The molecule has 0 radical (unpaired) electrons. The highest BCUT2D eigenvalue weighted by atomic mass is 32.1. The molecule has 2 heteroatoms. The van der Waals surface area contributed by atoms with Crippen molar-refractivity contribution in [1.29, 1.82) is 0 Å². The minimum absolute atomic E-state index is 1.23. The fourth-order valence-corrected chi connectivity index (χ4v) is 7.57. The van der Waals surface area contributed by atoms with Crippen LogP contribution in [0, 0.1) is 0 Å². The maximum absolute atomic E-state index is 2.49. The van der Waals surface area contributed by atoms with Gasteiger partial charge >= 0.3 is 0 Å². The lowest BCUT2D eigenvalue weighted by Gasteiger charge is -2.03. The third-order valence-electron chi connectivity index (χ3n) is 6.85. The summed E-state index contributed by atoms with van der Waals surface area (Å²) < 4.78 is 5.96. The zero-order valence-corrected chi connectivity index (χ0v) is 21.8. The summed E-state index contributed by atoms with van der Waals surface area (Å²) in [6.45, 7) is 4.59. The van der Waals surface area contributed by atoms with Crippen LogP contribution in [0.15, 0.2) is 36.4 Å². The van der Waals surface area contributed by atoms with Crippen molar-refractivity contribution in [3.63, 3.8) is 0 Å². The van der Waals surface area contributed by atoms with Crippen molar-refractivity contribution in [3.05, 3.63) is 47.5 Å². The van der Waals surface area contributed by atoms with E-state index in [1.165, 1.54) is 131 Å². The van der Waals surface area contributed by atoms with Crippen molar-refractivity contribution in [3.8, 4) is 0 Å². The highest BCUT2D eigenvalue weighted by Crippen LogP contribution is 2.44. The third kappa shape index (κ3) is 5.94. The molecule has 4 rings (SSSR count). The highest BCUT2D eigenvalue weighted by Gasteiger charge is 2.13. The Morgan fingerprint density at radius 1 is 0.500 bits per heavy atom. The Balaban J connectivity index is 1.43. The summed E-state index contributed by atoms with van der Waals surface area (Å²) in [5, 5.41) is 2.96. The van der Waals surface area contributed by atoms with Crippen molar-refractivity contribution in [2.45, 2.75) is 104 Å². The molecule has 0 bridgehead atoms. The average molecular weight is 465 g/mol. The molecular weight excluding hydrogens is 424 g/mol. The van der Waals surface area contributed by atoms with Gasteiger partial charge in [0.15, 0.2) is 0 Å². The lowest BCUT2D eigenvalue weighted by molar-refractivity contribution is 0.607. The van der Waals surface area contributed by atoms with Gasteiger partial charge in [-0.05, 0) is 55.0 Å². The molecular formula is C30H40S2. The number of rotatable bonds is 14. The SMILES string of the molecule is CCCCCCCCc1ccc2c(c1)sc1c3cc(CCCCCCCC)ccc3sc21. The molecule has 172 valence electrons. The van der Waals surface area contributed by atoms with Gasteiger partial charge in [-0.1, -0.05) is 96.3 Å². The first-order valence-electron chi connectivity index (χ1n) is 13.2. The summed E-state index contributed by atoms with van der Waals surface area (Å²) in [6.07, 6.45) is 19.0. The van der Waals surface area contributed by atoms with E-state index in [2.05, 4.69) is 50.2 Å². The smallest absolute Gasteiger partial charge is 0.0542 e. The standard InChI is InChI=1S/C30H40S2/c1-3-5-7-9-11-13-15-23-18-20-27-26(21-23)30-29(31-27)25-19-17-24(22-28(25)32-30)16-14-12-10-8-6-4-2/h17-22H,3-16H2,1-2H3. The van der Waals surface area contributed by atoms with Gasteiger partial charge in [0, 0.05) is 20.2 Å². The van der Waals surface area contributed by atoms with Gasteiger partial charge in [-0.2, -0.15) is 0 Å². The van der Waals surface area contributed by atoms with Crippen LogP contribution in [-0.4, -0.2) is 0 Å². The average Bonchev–Trinajstić information content (AvgIpc) is 3.34. The molecule has 0 aliphatic heterocycles. The van der Waals surface area contributed by atoms with E-state index in [1.54, 1.807) is 0 Å². The highest BCUT2D eigenvalue weighted by molar-refractivity contribution is 7.36. The normalized spacial score (nSPS) is 11.9. The molecule has 4 aromatic rings. The van der Waals surface area contributed by atoms with E-state index >= 15 is 0 Å². The summed E-state index contributed by atoms with van der Waals surface area (Å²) >= 11 is 4.01. The summed E-state index contributed by atoms with van der Waals surface area (Å²) in [5.74, 6) is 0. The van der Waals surface area contributed by atoms with E-state index in [0.717, 1.165) is 0 Å². The Bertz CT molecular complexity index is 1110. The Morgan fingerprint density at radius 2 is 1.03 bits per heavy atom. The second-order valence-corrected chi connectivity index (χ2v) is 11.7. The van der Waals surface area contributed by atoms with Crippen molar-refractivity contribution >= 4 is 52.2 Å². The van der Waals surface area contributed by atoms with Crippen molar-refractivity contribution < 1.29 is 0 Å². The number of thiophene rings is 2. The molecule has 0 spiro atoms. The summed E-state index contributed by atoms with van der Waals surface area (Å²) in [7, 11) is 0. The summed E-state index contributed by atoms with van der Waals surface area (Å²) in [5.41, 5.74) is 3.05. The van der Waals surface area contributed by atoms with E-state index in [-0.39, 0.29) is 0 Å². The Morgan fingerprint density at radius 3 is 1.72 bits per heavy atom. The number of aryl methyl sites for hydroxylation is 2. The number of unbranched alkanes of at least 4 members (excludes halogenated alkanes) is 10. The Kier molecular flexibility index (Phi) is 9.05. The zero-order valence-electron chi connectivity index (χ0n) is 20.2. The summed E-state index contributed by atoms with van der Waals surface area (Å²) in [4.78, 5) is 0. The van der Waals surface area contributed by atoms with Gasteiger partial charge in [0.1, 0.15) is 0 Å². The maximum atomic E-state index is 2.49. The second kappa shape index (κ2) is 12.2. The molecule has 0 aliphatic carbocycles. The lowest BCUT2D eigenvalue weighted by Crippen LogP contribution is -1.86. The molecule has 2 aromatic carbocycles. The molecule has 0 saturated heterocycles. The first-order valence-corrected chi connectivity index (χ1v) is 14.8. The predicted octanol–water partition coefficient (Wildman–Crippen LogP) is 11.1. The van der Waals surface area contributed by atoms with Gasteiger partial charge in [0.2, 0.25) is 0 Å². The van der Waals surface area contributed by atoms with Gasteiger partial charge in [-0.3, -0.25) is 0 Å². The number of fused-ring (bicyclic) bond motifs is 5. The van der Waals surface area contributed by atoms with Crippen LogP contribution in [0.1, 0.15) is 102 Å². The largest absolute Gasteiger partial charge is 0.134 e. The lowest BCUT2D eigenvalue weighted by atomic mass is 10.0. The van der Waals surface area contributed by atoms with Crippen LogP contribution in [-0.2, 0) is 12.8 Å². The van der Waals surface area contributed by atoms with Crippen molar-refractivity contribution in [2.24, 2.45) is 0 Å². The van der Waals surface area contributed by atoms with Gasteiger partial charge in [0.05, 0.1) is 9.40 Å². The van der Waals surface area contributed by atoms with E-state index < -0.39 is 0 Å². The van der Waals surface area contributed by atoms with Crippen LogP contribution in [0.4, 0.5) is 0 Å². The van der Waals surface area contributed by atoms with E-state index in [1.807, 2.05) is 22.7 Å². The molecule has 0 amide bonds. The van der Waals surface area contributed by atoms with Crippen LogP contribution in [0.5, 0.6) is 0 Å². The van der Waals surface area contributed by atoms with Crippen LogP contribution in [0.3, 0.4) is 0 Å². The zero-order chi connectivity index (χ0) is 22.2. The van der Waals surface area contributed by atoms with Crippen molar-refractivity contribution in [2.75, 3.05) is 0 Å². The molecule has 0 aliphatic rings. The maximum Gasteiger partial charge on any atom is 0.0542 e. The molecule has 32 heavy (non-hydrogen) atoms. The molecule has 0 fully saturated rings. The van der Waals surface area contributed by atoms with Gasteiger partial charge in [0.25, 0.3) is 0 Å². The van der Waals surface area contributed by atoms with Crippen LogP contribution in [0.25, 0.3) is 29.6 Å². The van der Waals surface area contributed by atoms with Crippen molar-refractivity contribution in [1.82, 2.24) is 0 Å². The first-order chi connectivity index (χ1) is 15.8. The van der Waals surface area contributed by atoms with Crippen LogP contribution < -0.4 is 0 Å². The molecule has 0 N–H and O–H groups in total. The van der Waals surface area contributed by atoms with Crippen LogP contribution >= 0.6 is 22.7 Å². The van der Waals surface area contributed by atoms with E-state index in [0.29, 0.717) is 0 Å². The Labute approximate surface area is 203 Å². The van der Waals surface area contributed by atoms with Gasteiger partial charge in [-0.15, -0.1) is 22.7 Å². The summed E-state index contributed by atoms with van der Waals surface area (Å²) in [6, 6.07) is 14.5. The molecule has 0 saturated carbocycles. The van der Waals surface area contributed by atoms with E-state index in [4.69, 9.17) is 0 Å². The topological polar surface area (TPSA) is 0 Å². The number of hydrogen-bond donors (Lipinski definition) is 0. The van der Waals surface area contributed by atoms with Crippen LogP contribution in [0.2, 0.25) is 0 Å². The minimum Gasteiger partial charge on any atom is -0.134 e. The predicted molar refractivity (Wildman–Crippen MR) is 149 cm³/mol. The fourth-order valence-electron chi connectivity index (χ4n) is 4.88.